The highest BCUT2D eigenvalue weighted by atomic mass is 19.1. The first-order valence-electron chi connectivity index (χ1n) is 18.8. The number of hydrogen-bond acceptors (Lipinski definition) is 2. The molecule has 0 bridgehead atoms. The number of rotatable bonds is 10. The Bertz CT molecular complexity index is 1380. The van der Waals surface area contributed by atoms with Crippen molar-refractivity contribution in [3.05, 3.63) is 71.0 Å². The summed E-state index contributed by atoms with van der Waals surface area (Å²) in [5.41, 5.74) is 3.30. The number of benzene rings is 2. The van der Waals surface area contributed by atoms with Gasteiger partial charge in [-0.05, 0) is 122 Å². The van der Waals surface area contributed by atoms with Gasteiger partial charge in [0.25, 0.3) is 0 Å². The summed E-state index contributed by atoms with van der Waals surface area (Å²) in [7, 11) is 0. The molecule has 4 aliphatic rings. The van der Waals surface area contributed by atoms with Crippen LogP contribution < -0.4 is 0 Å². The highest BCUT2D eigenvalue weighted by Crippen LogP contribution is 2.69. The van der Waals surface area contributed by atoms with Gasteiger partial charge < -0.3 is 0 Å². The molecule has 0 radical (unpaired) electrons. The third-order valence-corrected chi connectivity index (χ3v) is 14.4. The molecule has 0 aromatic heterocycles. The molecule has 250 valence electrons. The van der Waals surface area contributed by atoms with Crippen LogP contribution in [0, 0.1) is 70.9 Å². The van der Waals surface area contributed by atoms with E-state index >= 15 is 0 Å². The van der Waals surface area contributed by atoms with Crippen LogP contribution in [0.25, 0.3) is 0 Å². The van der Waals surface area contributed by atoms with Gasteiger partial charge in [0.1, 0.15) is 11.6 Å². The Balaban J connectivity index is 1.24. The minimum absolute atomic E-state index is 0.0730. The van der Waals surface area contributed by atoms with Crippen molar-refractivity contribution in [1.29, 1.82) is 0 Å². The van der Waals surface area contributed by atoms with E-state index in [2.05, 4.69) is 34.6 Å². The lowest BCUT2D eigenvalue weighted by molar-refractivity contribution is -0.150. The number of Topliss-reactive ketones (excluding diaryl/α,β-unsaturated/α-hetero) is 2. The summed E-state index contributed by atoms with van der Waals surface area (Å²) in [6.45, 7) is 14.5. The molecule has 0 heterocycles. The van der Waals surface area contributed by atoms with E-state index in [0.717, 1.165) is 47.1 Å². The fraction of sp³-hybridized carbons (Fsp3) is 0.674. The van der Waals surface area contributed by atoms with Crippen LogP contribution in [0.2, 0.25) is 0 Å². The van der Waals surface area contributed by atoms with Crippen LogP contribution in [0.3, 0.4) is 0 Å². The summed E-state index contributed by atoms with van der Waals surface area (Å²) in [5, 5.41) is 0. The first-order valence-corrected chi connectivity index (χ1v) is 18.8. The average molecular weight is 627 g/mol. The molecule has 2 aromatic carbocycles. The lowest BCUT2D eigenvalue weighted by Gasteiger charge is -2.61. The van der Waals surface area contributed by atoms with E-state index in [9.17, 15) is 14.0 Å². The molecule has 10 atom stereocenters. The Morgan fingerprint density at radius 3 is 2.26 bits per heavy atom. The van der Waals surface area contributed by atoms with E-state index in [1.807, 2.05) is 43.3 Å². The molecule has 2 nitrogen and oxygen atoms in total. The van der Waals surface area contributed by atoms with Crippen LogP contribution >= 0.6 is 0 Å². The number of aryl methyl sites for hydroxylation is 1. The van der Waals surface area contributed by atoms with Gasteiger partial charge in [0.05, 0.1) is 0 Å². The lowest BCUT2D eigenvalue weighted by Crippen LogP contribution is -2.55. The van der Waals surface area contributed by atoms with E-state index in [1.54, 1.807) is 0 Å². The summed E-state index contributed by atoms with van der Waals surface area (Å²) in [6, 6.07) is 14.4. The average Bonchev–Trinajstić information content (AvgIpc) is 3.38. The Morgan fingerprint density at radius 2 is 1.57 bits per heavy atom. The molecule has 4 aliphatic carbocycles. The first kappa shape index (κ1) is 33.6. The van der Waals surface area contributed by atoms with Crippen molar-refractivity contribution in [2.45, 2.75) is 125 Å². The van der Waals surface area contributed by atoms with E-state index < -0.39 is 0 Å². The van der Waals surface area contributed by atoms with Gasteiger partial charge in [0.15, 0.2) is 5.78 Å². The van der Waals surface area contributed by atoms with Crippen LogP contribution in [0.5, 0.6) is 0 Å². The third kappa shape index (κ3) is 6.30. The zero-order valence-corrected chi connectivity index (χ0v) is 29.5. The summed E-state index contributed by atoms with van der Waals surface area (Å²) in [4.78, 5) is 27.8. The van der Waals surface area contributed by atoms with Crippen molar-refractivity contribution in [1.82, 2.24) is 0 Å². The number of carbonyl (C=O) groups is 2. The standard InChI is InChI=1S/C43H59FO2/c1-27(2)8-7-9-29(4)37-20-21-38-34-19-16-32-24-41(46)36(26-43(32,6)39(34)22-23-42(37,38)5)35(30-14-17-33(44)18-15-30)25-40(45)31-12-10-28(3)11-13-31/h10-15,17-18,27,29,32,34-39H,7-9,16,19-26H2,1-6H3/t29-,32+,34+,35?,36?,37-,38+,39+,42-,43+/m1/s1. The van der Waals surface area contributed by atoms with Crippen LogP contribution in [0.4, 0.5) is 4.39 Å². The normalized spacial score (nSPS) is 35.3. The molecule has 6 rings (SSSR count). The van der Waals surface area contributed by atoms with Crippen molar-refractivity contribution in [3.8, 4) is 0 Å². The molecular weight excluding hydrogens is 567 g/mol. The molecule has 0 N–H and O–H groups in total. The second-order valence-electron chi connectivity index (χ2n) is 17.3. The Hall–Kier alpha value is -2.29. The SMILES string of the molecule is Cc1ccc(C(=O)CC(c2ccc(F)cc2)C2C[C@@]3(C)[C@@H](CC[C@@H]4[C@@H]3CC[C@]3(C)[C@@H]([C@H](C)CCCC(C)C)CC[C@@H]43)CC2=O)cc1. The molecule has 0 saturated heterocycles. The lowest BCUT2D eigenvalue weighted by atomic mass is 9.43. The first-order chi connectivity index (χ1) is 21.9. The molecule has 0 spiro atoms. The fourth-order valence-corrected chi connectivity index (χ4v) is 11.8. The van der Waals surface area contributed by atoms with E-state index in [1.165, 1.54) is 69.9 Å². The van der Waals surface area contributed by atoms with Crippen LogP contribution in [-0.4, -0.2) is 11.6 Å². The molecule has 2 unspecified atom stereocenters. The quantitative estimate of drug-likeness (QED) is 0.246. The molecule has 4 fully saturated rings. The van der Waals surface area contributed by atoms with E-state index in [-0.39, 0.29) is 35.3 Å². The molecule has 46 heavy (non-hydrogen) atoms. The number of ketones is 2. The van der Waals surface area contributed by atoms with Gasteiger partial charge in [-0.3, -0.25) is 9.59 Å². The third-order valence-electron chi connectivity index (χ3n) is 14.4. The highest BCUT2D eigenvalue weighted by Gasteiger charge is 2.62. The smallest absolute Gasteiger partial charge is 0.163 e. The zero-order chi connectivity index (χ0) is 32.8. The van der Waals surface area contributed by atoms with Crippen molar-refractivity contribution in [2.24, 2.45) is 58.2 Å². The molecule has 2 aromatic rings. The zero-order valence-electron chi connectivity index (χ0n) is 29.5. The summed E-state index contributed by atoms with van der Waals surface area (Å²) in [6.07, 6.45) is 13.7. The summed E-state index contributed by atoms with van der Waals surface area (Å²) in [5.74, 6) is 4.76. The molecule has 4 saturated carbocycles. The van der Waals surface area contributed by atoms with Crippen molar-refractivity contribution in [3.63, 3.8) is 0 Å². The minimum atomic E-state index is -0.279. The van der Waals surface area contributed by atoms with Gasteiger partial charge >= 0.3 is 0 Å². The number of fused-ring (bicyclic) bond motifs is 5. The van der Waals surface area contributed by atoms with E-state index in [0.29, 0.717) is 35.0 Å². The van der Waals surface area contributed by atoms with Crippen molar-refractivity contribution < 1.29 is 14.0 Å². The van der Waals surface area contributed by atoms with Gasteiger partial charge in [-0.25, -0.2) is 4.39 Å². The molecule has 0 aliphatic heterocycles. The monoisotopic (exact) mass is 626 g/mol. The minimum Gasteiger partial charge on any atom is -0.299 e. The predicted molar refractivity (Wildman–Crippen MR) is 186 cm³/mol. The van der Waals surface area contributed by atoms with E-state index in [4.69, 9.17) is 0 Å². The summed E-state index contributed by atoms with van der Waals surface area (Å²) < 4.78 is 14.1. The predicted octanol–water partition coefficient (Wildman–Crippen LogP) is 11.4. The van der Waals surface area contributed by atoms with Crippen LogP contribution in [0.15, 0.2) is 48.5 Å². The van der Waals surface area contributed by atoms with Gasteiger partial charge in [0.2, 0.25) is 0 Å². The second kappa shape index (κ2) is 13.3. The Kier molecular flexibility index (Phi) is 9.73. The Labute approximate surface area is 278 Å². The van der Waals surface area contributed by atoms with Crippen molar-refractivity contribution in [2.75, 3.05) is 0 Å². The number of halogens is 1. The number of hydrogen-bond donors (Lipinski definition) is 0. The summed E-state index contributed by atoms with van der Waals surface area (Å²) >= 11 is 0. The molecular formula is C43H59FO2. The van der Waals surface area contributed by atoms with Gasteiger partial charge in [-0.1, -0.05) is 95.8 Å². The number of carbonyl (C=O) groups excluding carboxylic acids is 2. The van der Waals surface area contributed by atoms with Crippen LogP contribution in [-0.2, 0) is 4.79 Å². The largest absolute Gasteiger partial charge is 0.299 e. The maximum absolute atomic E-state index is 14.1. The fourth-order valence-electron chi connectivity index (χ4n) is 11.8. The highest BCUT2D eigenvalue weighted by molar-refractivity contribution is 5.97. The molecule has 3 heteroatoms. The van der Waals surface area contributed by atoms with Crippen molar-refractivity contribution >= 4 is 11.6 Å². The van der Waals surface area contributed by atoms with Gasteiger partial charge in [-0.2, -0.15) is 0 Å². The van der Waals surface area contributed by atoms with Crippen LogP contribution in [0.1, 0.15) is 139 Å². The maximum atomic E-state index is 14.1. The topological polar surface area (TPSA) is 34.1 Å². The maximum Gasteiger partial charge on any atom is 0.163 e. The van der Waals surface area contributed by atoms with Gasteiger partial charge in [-0.15, -0.1) is 0 Å². The second-order valence-corrected chi connectivity index (χ2v) is 17.3. The van der Waals surface area contributed by atoms with Gasteiger partial charge in [0, 0.05) is 30.2 Å². The molecule has 0 amide bonds. The Morgan fingerprint density at radius 1 is 0.870 bits per heavy atom.